The molecular formula is C27H32F3N5O2. The Bertz CT molecular complexity index is 1430. The van der Waals surface area contributed by atoms with Crippen molar-refractivity contribution >= 4 is 16.8 Å². The van der Waals surface area contributed by atoms with E-state index in [0.29, 0.717) is 47.3 Å². The average molecular weight is 516 g/mol. The third kappa shape index (κ3) is 4.99. The lowest BCUT2D eigenvalue weighted by Crippen LogP contribution is -2.49. The number of aliphatic hydroxyl groups is 1. The van der Waals surface area contributed by atoms with Crippen LogP contribution in [0.3, 0.4) is 0 Å². The van der Waals surface area contributed by atoms with Crippen LogP contribution in [0.1, 0.15) is 67.9 Å². The summed E-state index contributed by atoms with van der Waals surface area (Å²) in [6, 6.07) is 5.13. The van der Waals surface area contributed by atoms with E-state index in [4.69, 9.17) is 4.99 Å². The summed E-state index contributed by atoms with van der Waals surface area (Å²) in [4.78, 5) is 27.6. The first-order chi connectivity index (χ1) is 17.2. The molecule has 0 bridgehead atoms. The Labute approximate surface area is 213 Å². The van der Waals surface area contributed by atoms with Gasteiger partial charge in [0.2, 0.25) is 5.91 Å². The summed E-state index contributed by atoms with van der Waals surface area (Å²) < 4.78 is 42.3. The molecule has 3 atom stereocenters. The highest BCUT2D eigenvalue weighted by Crippen LogP contribution is 2.36. The highest BCUT2D eigenvalue weighted by atomic mass is 19.4. The highest BCUT2D eigenvalue weighted by molar-refractivity contribution is 5.78. The predicted octanol–water partition coefficient (Wildman–Crippen LogP) is 4.48. The summed E-state index contributed by atoms with van der Waals surface area (Å²) in [5.41, 5.74) is 0.256. The summed E-state index contributed by atoms with van der Waals surface area (Å²) in [6.45, 7) is 8.85. The van der Waals surface area contributed by atoms with Crippen molar-refractivity contribution in [2.75, 3.05) is 6.54 Å². The van der Waals surface area contributed by atoms with Crippen LogP contribution in [-0.4, -0.2) is 43.0 Å². The van der Waals surface area contributed by atoms with Gasteiger partial charge in [0.05, 0.1) is 29.0 Å². The lowest BCUT2D eigenvalue weighted by molar-refractivity contribution is -0.138. The lowest BCUT2D eigenvalue weighted by Gasteiger charge is -2.42. The summed E-state index contributed by atoms with van der Waals surface area (Å²) in [5.74, 6) is 0.628. The zero-order valence-electron chi connectivity index (χ0n) is 21.9. The molecule has 4 rings (SSSR count). The van der Waals surface area contributed by atoms with Crippen LogP contribution < -0.4 is 5.49 Å². The molecule has 1 fully saturated rings. The SMILES string of the molecule is CC(=O)N1CCC(O)(c2cc3c(=NC(C)c4cccc(C(F)(F)F)c4C)nc(C)n(C)c3cn2)C[C@H]1C. The maximum Gasteiger partial charge on any atom is 0.416 e. The van der Waals surface area contributed by atoms with E-state index in [1.165, 1.54) is 19.9 Å². The molecule has 1 aromatic carbocycles. The molecule has 1 aliphatic rings. The molecule has 0 radical (unpaired) electrons. The highest BCUT2D eigenvalue weighted by Gasteiger charge is 2.40. The van der Waals surface area contributed by atoms with Crippen LogP contribution >= 0.6 is 0 Å². The molecule has 1 saturated heterocycles. The first-order valence-electron chi connectivity index (χ1n) is 12.3. The topological polar surface area (TPSA) is 83.6 Å². The number of halogens is 3. The van der Waals surface area contributed by atoms with Crippen molar-refractivity contribution < 1.29 is 23.1 Å². The van der Waals surface area contributed by atoms with Gasteiger partial charge in [-0.15, -0.1) is 0 Å². The minimum Gasteiger partial charge on any atom is -0.383 e. The van der Waals surface area contributed by atoms with Crippen molar-refractivity contribution in [3.63, 3.8) is 0 Å². The number of benzene rings is 1. The summed E-state index contributed by atoms with van der Waals surface area (Å²) in [5, 5.41) is 12.2. The van der Waals surface area contributed by atoms with E-state index in [-0.39, 0.29) is 17.5 Å². The first kappa shape index (κ1) is 26.8. The van der Waals surface area contributed by atoms with Gasteiger partial charge in [0.1, 0.15) is 11.4 Å². The van der Waals surface area contributed by atoms with Gasteiger partial charge < -0.3 is 14.6 Å². The van der Waals surface area contributed by atoms with Crippen molar-refractivity contribution in [1.82, 2.24) is 19.4 Å². The van der Waals surface area contributed by atoms with Gasteiger partial charge in [-0.25, -0.2) is 4.98 Å². The van der Waals surface area contributed by atoms with Gasteiger partial charge in [0, 0.05) is 38.4 Å². The van der Waals surface area contributed by atoms with Gasteiger partial charge >= 0.3 is 6.18 Å². The number of rotatable bonds is 3. The van der Waals surface area contributed by atoms with Crippen molar-refractivity contribution in [3.05, 3.63) is 64.2 Å². The number of aromatic nitrogens is 3. The van der Waals surface area contributed by atoms with Crippen molar-refractivity contribution in [2.45, 2.75) is 71.3 Å². The number of hydrogen-bond acceptors (Lipinski definition) is 5. The number of carbonyl (C=O) groups excluding carboxylic acids is 1. The molecule has 10 heteroatoms. The van der Waals surface area contributed by atoms with Gasteiger partial charge in [-0.3, -0.25) is 14.8 Å². The maximum absolute atomic E-state index is 13.5. The van der Waals surface area contributed by atoms with Crippen LogP contribution in [-0.2, 0) is 23.6 Å². The summed E-state index contributed by atoms with van der Waals surface area (Å²) >= 11 is 0. The normalized spacial score (nSPS) is 21.9. The van der Waals surface area contributed by atoms with Gasteiger partial charge in [0.15, 0.2) is 5.49 Å². The van der Waals surface area contributed by atoms with Gasteiger partial charge in [-0.05, 0) is 57.4 Å². The molecule has 198 valence electrons. The molecular weight excluding hydrogens is 483 g/mol. The van der Waals surface area contributed by atoms with E-state index in [0.717, 1.165) is 11.6 Å². The molecule has 0 aliphatic carbocycles. The van der Waals surface area contributed by atoms with E-state index >= 15 is 0 Å². The molecule has 0 saturated carbocycles. The fraction of sp³-hybridized carbons (Fsp3) is 0.481. The van der Waals surface area contributed by atoms with Gasteiger partial charge in [-0.1, -0.05) is 12.1 Å². The molecule has 3 heterocycles. The van der Waals surface area contributed by atoms with Crippen molar-refractivity contribution in [3.8, 4) is 0 Å². The maximum atomic E-state index is 13.5. The third-order valence-electron chi connectivity index (χ3n) is 7.50. The molecule has 7 nitrogen and oxygen atoms in total. The molecule has 0 spiro atoms. The minimum absolute atomic E-state index is 0.0346. The molecule has 2 aromatic heterocycles. The Morgan fingerprint density at radius 1 is 1.30 bits per heavy atom. The largest absolute Gasteiger partial charge is 0.416 e. The number of fused-ring (bicyclic) bond motifs is 1. The molecule has 3 aromatic rings. The molecule has 1 N–H and O–H groups in total. The third-order valence-corrected chi connectivity index (χ3v) is 7.50. The number of likely N-dealkylation sites (tertiary alicyclic amines) is 1. The standard InChI is InChI=1S/C27H32F3N5O2/c1-15-13-26(37,10-11-35(15)19(5)36)24-12-21-23(14-31-24)34(6)18(4)33-25(21)32-17(3)20-8-7-9-22(16(20)2)27(28,29)30/h7-9,12,14-15,17,37H,10-11,13H2,1-6H3/t15-,17?,26?/m1/s1. The van der Waals surface area contributed by atoms with Crippen LogP contribution in [0.2, 0.25) is 0 Å². The Kier molecular flexibility index (Phi) is 6.92. The van der Waals surface area contributed by atoms with Gasteiger partial charge in [0.25, 0.3) is 0 Å². The number of pyridine rings is 1. The molecule has 1 aliphatic heterocycles. The van der Waals surface area contributed by atoms with E-state index < -0.39 is 23.4 Å². The van der Waals surface area contributed by atoms with Crippen LogP contribution in [0.5, 0.6) is 0 Å². The minimum atomic E-state index is -4.45. The number of amides is 1. The molecule has 1 amide bonds. The number of alkyl halides is 3. The quantitative estimate of drug-likeness (QED) is 0.558. The predicted molar refractivity (Wildman–Crippen MR) is 133 cm³/mol. The van der Waals surface area contributed by atoms with E-state index in [1.807, 2.05) is 25.5 Å². The van der Waals surface area contributed by atoms with Crippen molar-refractivity contribution in [1.29, 1.82) is 0 Å². The number of carbonyl (C=O) groups is 1. The zero-order valence-corrected chi connectivity index (χ0v) is 21.9. The van der Waals surface area contributed by atoms with Crippen LogP contribution in [0, 0.1) is 13.8 Å². The van der Waals surface area contributed by atoms with E-state index in [2.05, 4.69) is 9.97 Å². The number of nitrogens with zero attached hydrogens (tertiary/aromatic N) is 5. The Balaban J connectivity index is 1.83. The van der Waals surface area contributed by atoms with Crippen LogP contribution in [0.4, 0.5) is 13.2 Å². The Hall–Kier alpha value is -3.27. The monoisotopic (exact) mass is 515 g/mol. The summed E-state index contributed by atoms with van der Waals surface area (Å²) in [7, 11) is 1.85. The van der Waals surface area contributed by atoms with E-state index in [9.17, 15) is 23.1 Å². The number of aryl methyl sites for hydroxylation is 2. The fourth-order valence-corrected chi connectivity index (χ4v) is 5.30. The second-order valence-electron chi connectivity index (χ2n) is 10.00. The molecule has 37 heavy (non-hydrogen) atoms. The van der Waals surface area contributed by atoms with Gasteiger partial charge in [-0.2, -0.15) is 13.2 Å². The van der Waals surface area contributed by atoms with E-state index in [1.54, 1.807) is 30.2 Å². The average Bonchev–Trinajstić information content (AvgIpc) is 2.81. The fourth-order valence-electron chi connectivity index (χ4n) is 5.30. The number of hydrogen-bond donors (Lipinski definition) is 1. The molecule has 2 unspecified atom stereocenters. The van der Waals surface area contributed by atoms with Crippen LogP contribution in [0.25, 0.3) is 10.9 Å². The second kappa shape index (κ2) is 9.55. The Morgan fingerprint density at radius 3 is 2.62 bits per heavy atom. The second-order valence-corrected chi connectivity index (χ2v) is 10.00. The lowest BCUT2D eigenvalue weighted by atomic mass is 9.83. The summed E-state index contributed by atoms with van der Waals surface area (Å²) in [6.07, 6.45) is -2.11. The Morgan fingerprint density at radius 2 is 2.00 bits per heavy atom. The smallest absolute Gasteiger partial charge is 0.383 e. The van der Waals surface area contributed by atoms with Crippen molar-refractivity contribution in [2.24, 2.45) is 12.0 Å². The number of piperidine rings is 1. The first-order valence-corrected chi connectivity index (χ1v) is 12.3. The van der Waals surface area contributed by atoms with Crippen LogP contribution in [0.15, 0.2) is 35.5 Å². The zero-order chi connectivity index (χ0) is 27.3.